The molecular weight excluding hydrogens is 296 g/mol. The second kappa shape index (κ2) is 5.00. The fourth-order valence-electron chi connectivity index (χ4n) is 2.65. The first-order chi connectivity index (χ1) is 10.7. The normalized spacial score (nSPS) is 11.2. The van der Waals surface area contributed by atoms with Crippen molar-refractivity contribution >= 4 is 22.6 Å². The first-order valence-electron chi connectivity index (χ1n) is 6.95. The lowest BCUT2D eigenvalue weighted by molar-refractivity contribution is 1.06. The molecule has 4 rings (SSSR count). The molecule has 0 atom stereocenters. The topological polar surface area (TPSA) is 46.5 Å². The predicted molar refractivity (Wildman–Crippen MR) is 88.4 cm³/mol. The van der Waals surface area contributed by atoms with E-state index >= 15 is 0 Å². The molecule has 4 nitrogen and oxygen atoms in total. The van der Waals surface area contributed by atoms with E-state index in [1.54, 1.807) is 6.33 Å². The Bertz CT molecular complexity index is 968. The number of halogens is 1. The molecular formula is C17H13ClN4. The molecule has 0 bridgehead atoms. The van der Waals surface area contributed by atoms with Crippen molar-refractivity contribution in [3.05, 3.63) is 65.8 Å². The van der Waals surface area contributed by atoms with Crippen LogP contribution in [-0.4, -0.2) is 19.5 Å². The molecule has 0 aliphatic heterocycles. The lowest BCUT2D eigenvalue weighted by Gasteiger charge is -2.07. The van der Waals surface area contributed by atoms with Crippen LogP contribution in [0.15, 0.2) is 55.2 Å². The van der Waals surface area contributed by atoms with Crippen LogP contribution in [0.5, 0.6) is 0 Å². The third kappa shape index (κ3) is 2.09. The number of hydrogen-bond acceptors (Lipinski definition) is 2. The van der Waals surface area contributed by atoms with Crippen LogP contribution >= 0.6 is 11.6 Å². The zero-order valence-electron chi connectivity index (χ0n) is 11.9. The minimum Gasteiger partial charge on any atom is -0.346 e. The van der Waals surface area contributed by atoms with Crippen LogP contribution in [-0.2, 0) is 0 Å². The summed E-state index contributed by atoms with van der Waals surface area (Å²) < 4.78 is 2.07. The van der Waals surface area contributed by atoms with Gasteiger partial charge in [0.1, 0.15) is 12.0 Å². The molecule has 3 aromatic heterocycles. The van der Waals surface area contributed by atoms with Crippen LogP contribution in [0.1, 0.15) is 5.56 Å². The summed E-state index contributed by atoms with van der Waals surface area (Å²) in [5.41, 5.74) is 5.05. The number of fused-ring (bicyclic) bond motifs is 1. The van der Waals surface area contributed by atoms with Gasteiger partial charge in [-0.05, 0) is 36.8 Å². The van der Waals surface area contributed by atoms with Crippen LogP contribution in [0.2, 0.25) is 5.02 Å². The molecule has 22 heavy (non-hydrogen) atoms. The molecule has 0 amide bonds. The van der Waals surface area contributed by atoms with Crippen molar-refractivity contribution in [1.82, 2.24) is 19.5 Å². The predicted octanol–water partition coefficient (Wildman–Crippen LogP) is 4.38. The Morgan fingerprint density at radius 1 is 1.14 bits per heavy atom. The van der Waals surface area contributed by atoms with E-state index < -0.39 is 0 Å². The van der Waals surface area contributed by atoms with Crippen molar-refractivity contribution in [2.75, 3.05) is 0 Å². The van der Waals surface area contributed by atoms with Gasteiger partial charge in [0, 0.05) is 40.3 Å². The summed E-state index contributed by atoms with van der Waals surface area (Å²) in [6.07, 6.45) is 7.54. The average molecular weight is 309 g/mol. The summed E-state index contributed by atoms with van der Waals surface area (Å²) in [7, 11) is 0. The molecule has 1 N–H and O–H groups in total. The maximum Gasteiger partial charge on any atom is 0.141 e. The monoisotopic (exact) mass is 308 g/mol. The van der Waals surface area contributed by atoms with Gasteiger partial charge in [0.25, 0.3) is 0 Å². The quantitative estimate of drug-likeness (QED) is 0.597. The lowest BCUT2D eigenvalue weighted by atomic mass is 10.2. The number of aryl methyl sites for hydroxylation is 1. The van der Waals surface area contributed by atoms with Crippen molar-refractivity contribution in [1.29, 1.82) is 0 Å². The number of rotatable bonds is 2. The molecule has 0 saturated carbocycles. The van der Waals surface area contributed by atoms with E-state index in [2.05, 4.69) is 38.7 Å². The average Bonchev–Trinajstić information content (AvgIpc) is 3.17. The second-order valence-corrected chi connectivity index (χ2v) is 5.64. The van der Waals surface area contributed by atoms with Gasteiger partial charge in [0.15, 0.2) is 0 Å². The Morgan fingerprint density at radius 3 is 2.95 bits per heavy atom. The number of benzene rings is 1. The highest BCUT2D eigenvalue weighted by molar-refractivity contribution is 6.30. The zero-order chi connectivity index (χ0) is 15.1. The molecule has 0 spiro atoms. The van der Waals surface area contributed by atoms with Crippen LogP contribution in [0.3, 0.4) is 0 Å². The van der Waals surface area contributed by atoms with Gasteiger partial charge in [-0.2, -0.15) is 0 Å². The number of hydrogen-bond donors (Lipinski definition) is 1. The minimum absolute atomic E-state index is 0.728. The van der Waals surface area contributed by atoms with Crippen molar-refractivity contribution in [3.63, 3.8) is 0 Å². The van der Waals surface area contributed by atoms with Gasteiger partial charge in [0.2, 0.25) is 0 Å². The molecule has 1 aromatic carbocycles. The van der Waals surface area contributed by atoms with Crippen molar-refractivity contribution in [2.45, 2.75) is 6.92 Å². The Kier molecular flexibility index (Phi) is 2.98. The van der Waals surface area contributed by atoms with E-state index in [1.807, 2.05) is 36.7 Å². The summed E-state index contributed by atoms with van der Waals surface area (Å²) in [5, 5.41) is 1.74. The molecule has 108 valence electrons. The Labute approximate surface area is 132 Å². The number of H-pyrrole nitrogens is 1. The smallest absolute Gasteiger partial charge is 0.141 e. The molecule has 3 heterocycles. The first-order valence-corrected chi connectivity index (χ1v) is 7.33. The molecule has 0 aliphatic rings. The highest BCUT2D eigenvalue weighted by Crippen LogP contribution is 2.27. The van der Waals surface area contributed by atoms with E-state index in [4.69, 9.17) is 11.6 Å². The molecule has 0 aliphatic carbocycles. The van der Waals surface area contributed by atoms with Gasteiger partial charge in [0.05, 0.1) is 5.69 Å². The second-order valence-electron chi connectivity index (χ2n) is 5.20. The molecule has 0 unspecified atom stereocenters. The molecule has 5 heteroatoms. The number of aromatic nitrogens is 4. The molecule has 4 aromatic rings. The van der Waals surface area contributed by atoms with Gasteiger partial charge in [-0.1, -0.05) is 17.7 Å². The van der Waals surface area contributed by atoms with E-state index in [0.717, 1.165) is 33.0 Å². The highest BCUT2D eigenvalue weighted by atomic mass is 35.5. The Morgan fingerprint density at radius 2 is 2.05 bits per heavy atom. The number of aromatic amines is 1. The van der Waals surface area contributed by atoms with Crippen molar-refractivity contribution < 1.29 is 0 Å². The van der Waals surface area contributed by atoms with Gasteiger partial charge in [-0.3, -0.25) is 0 Å². The summed E-state index contributed by atoms with van der Waals surface area (Å²) in [4.78, 5) is 11.8. The summed E-state index contributed by atoms with van der Waals surface area (Å²) in [5.74, 6) is 0. The highest BCUT2D eigenvalue weighted by Gasteiger charge is 2.10. The van der Waals surface area contributed by atoms with Gasteiger partial charge in [-0.15, -0.1) is 0 Å². The van der Waals surface area contributed by atoms with Crippen molar-refractivity contribution in [2.24, 2.45) is 0 Å². The maximum atomic E-state index is 6.12. The maximum absolute atomic E-state index is 6.12. The lowest BCUT2D eigenvalue weighted by Crippen LogP contribution is -1.93. The summed E-state index contributed by atoms with van der Waals surface area (Å²) in [6, 6.07) is 9.93. The SMILES string of the molecule is Cc1ccc(Cl)cc1-n1ccc(-c2ncnc3[nH]ccc23)c1. The standard InChI is InChI=1S/C17H13ClN4/c1-11-2-3-13(18)8-15(11)22-7-5-12(9-22)16-14-4-6-19-17(14)21-10-20-16/h2-10H,1H3,(H,19,20,21). The fraction of sp³-hybridized carbons (Fsp3) is 0.0588. The fourth-order valence-corrected chi connectivity index (χ4v) is 2.82. The van der Waals surface area contributed by atoms with E-state index in [9.17, 15) is 0 Å². The van der Waals surface area contributed by atoms with Gasteiger partial charge < -0.3 is 9.55 Å². The third-order valence-corrected chi connectivity index (χ3v) is 4.00. The zero-order valence-corrected chi connectivity index (χ0v) is 12.7. The molecule has 0 saturated heterocycles. The van der Waals surface area contributed by atoms with Crippen LogP contribution in [0.25, 0.3) is 28.0 Å². The van der Waals surface area contributed by atoms with E-state index in [0.29, 0.717) is 0 Å². The van der Waals surface area contributed by atoms with E-state index in [-0.39, 0.29) is 0 Å². The number of nitrogens with zero attached hydrogens (tertiary/aromatic N) is 3. The minimum atomic E-state index is 0.728. The van der Waals surface area contributed by atoms with Crippen LogP contribution in [0.4, 0.5) is 0 Å². The van der Waals surface area contributed by atoms with Gasteiger partial charge >= 0.3 is 0 Å². The van der Waals surface area contributed by atoms with Gasteiger partial charge in [-0.25, -0.2) is 9.97 Å². The Hall–Kier alpha value is -2.59. The third-order valence-electron chi connectivity index (χ3n) is 3.77. The Balaban J connectivity index is 1.85. The van der Waals surface area contributed by atoms with Crippen LogP contribution < -0.4 is 0 Å². The summed E-state index contributed by atoms with van der Waals surface area (Å²) >= 11 is 6.12. The number of nitrogens with one attached hydrogen (secondary N) is 1. The van der Waals surface area contributed by atoms with Crippen molar-refractivity contribution in [3.8, 4) is 16.9 Å². The van der Waals surface area contributed by atoms with E-state index in [1.165, 1.54) is 5.56 Å². The first kappa shape index (κ1) is 13.1. The largest absolute Gasteiger partial charge is 0.346 e. The molecule has 0 radical (unpaired) electrons. The summed E-state index contributed by atoms with van der Waals surface area (Å²) in [6.45, 7) is 2.07. The molecule has 0 fully saturated rings. The van der Waals surface area contributed by atoms with Crippen LogP contribution in [0, 0.1) is 6.92 Å².